The molecule has 2 aromatic heterocycles. The molecule has 1 aliphatic heterocycles. The van der Waals surface area contributed by atoms with Gasteiger partial charge in [-0.3, -0.25) is 14.3 Å². The van der Waals surface area contributed by atoms with Gasteiger partial charge in [0.05, 0.1) is 29.4 Å². The highest BCUT2D eigenvalue weighted by molar-refractivity contribution is 7.92. The number of anilines is 2. The van der Waals surface area contributed by atoms with Crippen molar-refractivity contribution in [2.24, 2.45) is 0 Å². The third-order valence-corrected chi connectivity index (χ3v) is 5.99. The predicted octanol–water partition coefficient (Wildman–Crippen LogP) is 3.13. The molecule has 0 fully saturated rings. The molecule has 0 saturated carbocycles. The Morgan fingerprint density at radius 2 is 1.69 bits per heavy atom. The molecule has 0 unspecified atom stereocenters. The number of aromatic nitrogens is 3. The minimum absolute atomic E-state index is 0.625. The minimum Gasteiger partial charge on any atom is -0.336 e. The third-order valence-electron chi connectivity index (χ3n) is 5.40. The standard InChI is InChI=1S/C23H21N5O2S.CH4O3S/c1-31(29,30)27-22-10-4-6-16-15-28(13-11-17(16)22)23-25-14-19-18(7-5-9-21(19)26-23)20-8-2-3-12-24-20;1-5(2,3)4/h2-10,12,14,27H,11,13,15H2,1H3;1H3,(H,2,3,4). The van der Waals surface area contributed by atoms with E-state index in [0.717, 1.165) is 33.3 Å². The summed E-state index contributed by atoms with van der Waals surface area (Å²) < 4.78 is 51.9. The second kappa shape index (κ2) is 10.2. The fourth-order valence-corrected chi connectivity index (χ4v) is 4.61. The van der Waals surface area contributed by atoms with Crippen LogP contribution in [0.1, 0.15) is 11.1 Å². The van der Waals surface area contributed by atoms with Gasteiger partial charge in [-0.2, -0.15) is 8.42 Å². The average Bonchev–Trinajstić information content (AvgIpc) is 2.82. The zero-order valence-corrected chi connectivity index (χ0v) is 21.3. The summed E-state index contributed by atoms with van der Waals surface area (Å²) in [6.07, 6.45) is 6.24. The van der Waals surface area contributed by atoms with Crippen LogP contribution in [0.25, 0.3) is 22.2 Å². The van der Waals surface area contributed by atoms with Gasteiger partial charge in [0.15, 0.2) is 0 Å². The quantitative estimate of drug-likeness (QED) is 0.383. The van der Waals surface area contributed by atoms with E-state index in [1.54, 1.807) is 12.3 Å². The Kier molecular flexibility index (Phi) is 7.20. The molecule has 0 spiro atoms. The second-order valence-electron chi connectivity index (χ2n) is 8.35. The normalized spacial score (nSPS) is 13.5. The van der Waals surface area contributed by atoms with Crippen LogP contribution in [0.15, 0.2) is 67.0 Å². The van der Waals surface area contributed by atoms with Gasteiger partial charge < -0.3 is 4.90 Å². The topological polar surface area (TPSA) is 142 Å². The maximum Gasteiger partial charge on any atom is 0.261 e. The first-order valence-electron chi connectivity index (χ1n) is 10.9. The smallest absolute Gasteiger partial charge is 0.261 e. The van der Waals surface area contributed by atoms with Crippen LogP contribution in [0.5, 0.6) is 0 Å². The lowest BCUT2D eigenvalue weighted by atomic mass is 9.98. The van der Waals surface area contributed by atoms with Gasteiger partial charge in [0.25, 0.3) is 10.1 Å². The molecule has 4 aromatic rings. The third kappa shape index (κ3) is 6.53. The van der Waals surface area contributed by atoms with Gasteiger partial charge in [0.1, 0.15) is 0 Å². The molecule has 36 heavy (non-hydrogen) atoms. The SMILES string of the molecule is CS(=O)(=O)Nc1cccc2c1CCN(c1ncc3c(-c4ccccn4)cccc3n1)C2.CS(=O)(=O)O. The second-order valence-corrected chi connectivity index (χ2v) is 11.6. The fourth-order valence-electron chi connectivity index (χ4n) is 4.02. The maximum atomic E-state index is 11.7. The number of hydrogen-bond donors (Lipinski definition) is 2. The van der Waals surface area contributed by atoms with Crippen molar-refractivity contribution in [2.75, 3.05) is 28.7 Å². The Morgan fingerprint density at radius 3 is 2.39 bits per heavy atom. The van der Waals surface area contributed by atoms with Crippen LogP contribution >= 0.6 is 0 Å². The lowest BCUT2D eigenvalue weighted by molar-refractivity contribution is 0.490. The van der Waals surface area contributed by atoms with Crippen molar-refractivity contribution < 1.29 is 21.4 Å². The lowest BCUT2D eigenvalue weighted by Crippen LogP contribution is -2.32. The first kappa shape index (κ1) is 25.5. The molecule has 3 heterocycles. The van der Waals surface area contributed by atoms with Crippen molar-refractivity contribution in [3.63, 3.8) is 0 Å². The number of nitrogens with zero attached hydrogens (tertiary/aromatic N) is 4. The van der Waals surface area contributed by atoms with E-state index < -0.39 is 20.1 Å². The Balaban J connectivity index is 0.000000556. The molecule has 5 rings (SSSR count). The molecule has 0 bridgehead atoms. The summed E-state index contributed by atoms with van der Waals surface area (Å²) in [5.74, 6) is 0.665. The Labute approximate surface area is 209 Å². The van der Waals surface area contributed by atoms with E-state index in [-0.39, 0.29) is 0 Å². The minimum atomic E-state index is -3.67. The molecule has 0 saturated heterocycles. The first-order valence-corrected chi connectivity index (χ1v) is 14.6. The highest BCUT2D eigenvalue weighted by Gasteiger charge is 2.22. The van der Waals surface area contributed by atoms with Crippen molar-refractivity contribution >= 4 is 42.7 Å². The lowest BCUT2D eigenvalue weighted by Gasteiger charge is -2.30. The number of pyridine rings is 1. The van der Waals surface area contributed by atoms with Crippen LogP contribution in [0.4, 0.5) is 11.6 Å². The van der Waals surface area contributed by atoms with E-state index in [9.17, 15) is 16.8 Å². The molecular weight excluding hydrogens is 502 g/mol. The zero-order chi connectivity index (χ0) is 25.9. The molecular formula is C24H25N5O5S2. The van der Waals surface area contributed by atoms with E-state index in [1.165, 1.54) is 6.26 Å². The van der Waals surface area contributed by atoms with Crippen LogP contribution in [0.3, 0.4) is 0 Å². The zero-order valence-electron chi connectivity index (χ0n) is 19.7. The average molecular weight is 528 g/mol. The van der Waals surface area contributed by atoms with E-state index >= 15 is 0 Å². The molecule has 0 atom stereocenters. The number of sulfonamides is 1. The summed E-state index contributed by atoms with van der Waals surface area (Å²) in [5.41, 5.74) is 5.52. The summed E-state index contributed by atoms with van der Waals surface area (Å²) in [6.45, 7) is 1.33. The van der Waals surface area contributed by atoms with Crippen molar-refractivity contribution in [3.05, 3.63) is 78.1 Å². The van der Waals surface area contributed by atoms with Crippen LogP contribution in [-0.4, -0.2) is 55.4 Å². The van der Waals surface area contributed by atoms with Gasteiger partial charge in [-0.1, -0.05) is 30.3 Å². The largest absolute Gasteiger partial charge is 0.336 e. The number of hydrogen-bond acceptors (Lipinski definition) is 8. The van der Waals surface area contributed by atoms with E-state index in [4.69, 9.17) is 9.54 Å². The summed E-state index contributed by atoms with van der Waals surface area (Å²) >= 11 is 0. The first-order chi connectivity index (χ1) is 17.0. The molecule has 0 amide bonds. The highest BCUT2D eigenvalue weighted by Crippen LogP contribution is 2.30. The van der Waals surface area contributed by atoms with Crippen molar-refractivity contribution in [1.29, 1.82) is 0 Å². The van der Waals surface area contributed by atoms with Gasteiger partial charge >= 0.3 is 0 Å². The summed E-state index contributed by atoms with van der Waals surface area (Å²) in [4.78, 5) is 16.0. The molecule has 1 aliphatic rings. The number of benzene rings is 2. The van der Waals surface area contributed by atoms with E-state index in [2.05, 4.69) is 19.6 Å². The van der Waals surface area contributed by atoms with Crippen molar-refractivity contribution in [1.82, 2.24) is 15.0 Å². The number of rotatable bonds is 4. The Hall–Kier alpha value is -3.61. The van der Waals surface area contributed by atoms with Gasteiger partial charge in [-0.05, 0) is 41.8 Å². The van der Waals surface area contributed by atoms with Crippen LogP contribution in [0.2, 0.25) is 0 Å². The van der Waals surface area contributed by atoms with E-state index in [1.807, 2.05) is 54.7 Å². The van der Waals surface area contributed by atoms with Gasteiger partial charge in [-0.15, -0.1) is 0 Å². The summed E-state index contributed by atoms with van der Waals surface area (Å²) in [7, 11) is -6.99. The Bertz CT molecular complexity index is 1600. The van der Waals surface area contributed by atoms with Crippen molar-refractivity contribution in [3.8, 4) is 11.3 Å². The van der Waals surface area contributed by atoms with Gasteiger partial charge in [-0.25, -0.2) is 18.4 Å². The summed E-state index contributed by atoms with van der Waals surface area (Å²) in [6, 6.07) is 17.5. The molecule has 188 valence electrons. The monoisotopic (exact) mass is 527 g/mol. The molecule has 0 aliphatic carbocycles. The molecule has 10 nitrogen and oxygen atoms in total. The van der Waals surface area contributed by atoms with Crippen molar-refractivity contribution in [2.45, 2.75) is 13.0 Å². The highest BCUT2D eigenvalue weighted by atomic mass is 32.2. The molecule has 0 radical (unpaired) electrons. The predicted molar refractivity (Wildman–Crippen MR) is 140 cm³/mol. The van der Waals surface area contributed by atoms with Crippen LogP contribution in [-0.2, 0) is 33.1 Å². The van der Waals surface area contributed by atoms with E-state index in [0.29, 0.717) is 37.4 Å². The van der Waals surface area contributed by atoms with Crippen LogP contribution in [0, 0.1) is 0 Å². The molecule has 12 heteroatoms. The van der Waals surface area contributed by atoms with Crippen LogP contribution < -0.4 is 9.62 Å². The molecule has 2 aromatic carbocycles. The molecule has 2 N–H and O–H groups in total. The summed E-state index contributed by atoms with van der Waals surface area (Å²) in [5, 5.41) is 0.960. The number of nitrogens with one attached hydrogen (secondary N) is 1. The maximum absolute atomic E-state index is 11.7. The van der Waals surface area contributed by atoms with Gasteiger partial charge in [0, 0.05) is 36.4 Å². The Morgan fingerprint density at radius 1 is 0.944 bits per heavy atom. The van der Waals surface area contributed by atoms with Gasteiger partial charge in [0.2, 0.25) is 16.0 Å². The fraction of sp³-hybridized carbons (Fsp3) is 0.208. The number of fused-ring (bicyclic) bond motifs is 2.